The number of carboxylic acid groups (broad SMARTS) is 1. The van der Waals surface area contributed by atoms with E-state index in [1.165, 1.54) is 10.4 Å². The smallest absolute Gasteiger partial charge is 0.320 e. The maximum absolute atomic E-state index is 12.4. The van der Waals surface area contributed by atoms with Crippen molar-refractivity contribution in [2.75, 3.05) is 20.1 Å². The summed E-state index contributed by atoms with van der Waals surface area (Å²) in [5.74, 6) is -0.819. The first-order valence-corrected chi connectivity index (χ1v) is 7.68. The molecule has 0 radical (unpaired) electrons. The van der Waals surface area contributed by atoms with Crippen LogP contribution < -0.4 is 0 Å². The highest BCUT2D eigenvalue weighted by Crippen LogP contribution is 2.33. The number of thiophene rings is 1. The van der Waals surface area contributed by atoms with E-state index in [1.54, 1.807) is 23.3 Å². The molecule has 5 nitrogen and oxygen atoms in total. The molecule has 1 aromatic heterocycles. The summed E-state index contributed by atoms with van der Waals surface area (Å²) in [5.41, 5.74) is 1.24. The third kappa shape index (κ3) is 3.12. The number of rotatable bonds is 4. The van der Waals surface area contributed by atoms with Gasteiger partial charge in [0.1, 0.15) is 0 Å². The Morgan fingerprint density at radius 1 is 1.55 bits per heavy atom. The molecule has 0 spiro atoms. The SMILES string of the molecule is CC1c2ccsc2CCN1C(=O)N(C)CCCC(=O)O. The minimum absolute atomic E-state index is 0.0141. The summed E-state index contributed by atoms with van der Waals surface area (Å²) in [6.45, 7) is 3.26. The van der Waals surface area contributed by atoms with E-state index in [-0.39, 0.29) is 18.5 Å². The summed E-state index contributed by atoms with van der Waals surface area (Å²) < 4.78 is 0. The molecule has 1 aliphatic rings. The Kier molecular flexibility index (Phi) is 4.65. The Hall–Kier alpha value is -1.56. The number of nitrogens with zero attached hydrogens (tertiary/aromatic N) is 2. The second kappa shape index (κ2) is 6.26. The van der Waals surface area contributed by atoms with Gasteiger partial charge in [0.05, 0.1) is 6.04 Å². The Morgan fingerprint density at radius 3 is 3.00 bits per heavy atom. The lowest BCUT2D eigenvalue weighted by molar-refractivity contribution is -0.137. The highest BCUT2D eigenvalue weighted by atomic mass is 32.1. The van der Waals surface area contributed by atoms with Crippen LogP contribution in [0.4, 0.5) is 4.79 Å². The van der Waals surface area contributed by atoms with Crippen molar-refractivity contribution < 1.29 is 14.7 Å². The molecule has 0 bridgehead atoms. The van der Waals surface area contributed by atoms with E-state index in [0.717, 1.165) is 13.0 Å². The lowest BCUT2D eigenvalue weighted by Crippen LogP contribution is -2.45. The van der Waals surface area contributed by atoms with Gasteiger partial charge in [-0.05, 0) is 36.8 Å². The fraction of sp³-hybridized carbons (Fsp3) is 0.571. The van der Waals surface area contributed by atoms with Crippen molar-refractivity contribution >= 4 is 23.3 Å². The van der Waals surface area contributed by atoms with Crippen LogP contribution in [0, 0.1) is 0 Å². The van der Waals surface area contributed by atoms with Crippen LogP contribution in [0.1, 0.15) is 36.2 Å². The number of amides is 2. The third-order valence-corrected chi connectivity index (χ3v) is 4.73. The molecule has 2 amide bonds. The standard InChI is InChI=1S/C14H20N2O3S/c1-10-11-6-9-20-12(11)5-8-16(10)14(19)15(2)7-3-4-13(17)18/h6,9-10H,3-5,7-8H2,1-2H3,(H,17,18). The molecule has 6 heteroatoms. The number of carboxylic acids is 1. The van der Waals surface area contributed by atoms with Gasteiger partial charge in [0.2, 0.25) is 0 Å². The summed E-state index contributed by atoms with van der Waals surface area (Å²) in [6, 6.07) is 2.17. The molecule has 110 valence electrons. The van der Waals surface area contributed by atoms with Crippen LogP contribution >= 0.6 is 11.3 Å². The summed E-state index contributed by atoms with van der Waals surface area (Å²) in [5, 5.41) is 10.7. The fourth-order valence-electron chi connectivity index (χ4n) is 2.55. The van der Waals surface area contributed by atoms with E-state index in [4.69, 9.17) is 5.11 Å². The second-order valence-electron chi connectivity index (χ2n) is 5.12. The average molecular weight is 296 g/mol. The summed E-state index contributed by atoms with van der Waals surface area (Å²) >= 11 is 1.75. The number of urea groups is 1. The number of hydrogen-bond acceptors (Lipinski definition) is 3. The summed E-state index contributed by atoms with van der Waals surface area (Å²) in [6.07, 6.45) is 1.50. The van der Waals surface area contributed by atoms with E-state index in [9.17, 15) is 9.59 Å². The van der Waals surface area contributed by atoms with Gasteiger partial charge in [-0.25, -0.2) is 4.79 Å². The molecule has 20 heavy (non-hydrogen) atoms. The highest BCUT2D eigenvalue weighted by molar-refractivity contribution is 7.10. The van der Waals surface area contributed by atoms with E-state index >= 15 is 0 Å². The van der Waals surface area contributed by atoms with Crippen LogP contribution in [-0.2, 0) is 11.2 Å². The van der Waals surface area contributed by atoms with Gasteiger partial charge in [0, 0.05) is 31.4 Å². The Labute approximate surface area is 122 Å². The van der Waals surface area contributed by atoms with Gasteiger partial charge >= 0.3 is 12.0 Å². The van der Waals surface area contributed by atoms with Crippen molar-refractivity contribution in [1.29, 1.82) is 0 Å². The molecule has 2 heterocycles. The van der Waals surface area contributed by atoms with E-state index in [1.807, 2.05) is 11.8 Å². The zero-order chi connectivity index (χ0) is 14.7. The second-order valence-corrected chi connectivity index (χ2v) is 6.12. The number of fused-ring (bicyclic) bond motifs is 1. The zero-order valence-electron chi connectivity index (χ0n) is 11.8. The molecule has 0 aliphatic carbocycles. The van der Waals surface area contributed by atoms with Gasteiger partial charge in [0.15, 0.2) is 0 Å². The van der Waals surface area contributed by atoms with Crippen molar-refractivity contribution in [3.05, 3.63) is 21.9 Å². The van der Waals surface area contributed by atoms with Crippen molar-refractivity contribution in [2.24, 2.45) is 0 Å². The van der Waals surface area contributed by atoms with Crippen LogP contribution in [0.5, 0.6) is 0 Å². The summed E-state index contributed by atoms with van der Waals surface area (Å²) in [4.78, 5) is 27.8. The van der Waals surface area contributed by atoms with Crippen LogP contribution in [0.15, 0.2) is 11.4 Å². The van der Waals surface area contributed by atoms with Gasteiger partial charge in [0.25, 0.3) is 0 Å². The normalized spacial score (nSPS) is 17.7. The van der Waals surface area contributed by atoms with Crippen LogP contribution in [0.2, 0.25) is 0 Å². The fourth-order valence-corrected chi connectivity index (χ4v) is 3.52. The molecule has 2 rings (SSSR count). The highest BCUT2D eigenvalue weighted by Gasteiger charge is 2.29. The monoisotopic (exact) mass is 296 g/mol. The van der Waals surface area contributed by atoms with Crippen LogP contribution in [-0.4, -0.2) is 47.0 Å². The third-order valence-electron chi connectivity index (χ3n) is 3.73. The zero-order valence-corrected chi connectivity index (χ0v) is 12.7. The Balaban J connectivity index is 1.94. The molecule has 0 fully saturated rings. The lowest BCUT2D eigenvalue weighted by Gasteiger charge is -2.36. The first-order valence-electron chi connectivity index (χ1n) is 6.80. The molecule has 1 aromatic rings. The molecular formula is C14H20N2O3S. The first kappa shape index (κ1) is 14.8. The van der Waals surface area contributed by atoms with E-state index < -0.39 is 5.97 Å². The average Bonchev–Trinajstić information content (AvgIpc) is 2.87. The lowest BCUT2D eigenvalue weighted by atomic mass is 10.0. The van der Waals surface area contributed by atoms with Crippen LogP contribution in [0.3, 0.4) is 0 Å². The summed E-state index contributed by atoms with van der Waals surface area (Å²) in [7, 11) is 1.74. The number of hydrogen-bond donors (Lipinski definition) is 1. The predicted octanol–water partition coefficient (Wildman–Crippen LogP) is 2.58. The van der Waals surface area contributed by atoms with Crippen molar-refractivity contribution in [3.63, 3.8) is 0 Å². The Bertz CT molecular complexity index is 500. The number of carbonyl (C=O) groups excluding carboxylic acids is 1. The van der Waals surface area contributed by atoms with Crippen molar-refractivity contribution in [3.8, 4) is 0 Å². The van der Waals surface area contributed by atoms with E-state index in [2.05, 4.69) is 11.4 Å². The van der Waals surface area contributed by atoms with E-state index in [0.29, 0.717) is 13.0 Å². The molecule has 1 N–H and O–H groups in total. The molecule has 0 aromatic carbocycles. The number of carbonyl (C=O) groups is 2. The number of aliphatic carboxylic acids is 1. The first-order chi connectivity index (χ1) is 9.50. The molecular weight excluding hydrogens is 276 g/mol. The molecule has 0 saturated heterocycles. The molecule has 1 unspecified atom stereocenters. The van der Waals surface area contributed by atoms with Crippen molar-refractivity contribution in [1.82, 2.24) is 9.80 Å². The molecule has 1 atom stereocenters. The van der Waals surface area contributed by atoms with Gasteiger partial charge in [-0.1, -0.05) is 0 Å². The topological polar surface area (TPSA) is 60.9 Å². The minimum Gasteiger partial charge on any atom is -0.481 e. The van der Waals surface area contributed by atoms with Crippen LogP contribution in [0.25, 0.3) is 0 Å². The Morgan fingerprint density at radius 2 is 2.30 bits per heavy atom. The minimum atomic E-state index is -0.819. The van der Waals surface area contributed by atoms with Crippen molar-refractivity contribution in [2.45, 2.75) is 32.2 Å². The van der Waals surface area contributed by atoms with Gasteiger partial charge < -0.3 is 14.9 Å². The van der Waals surface area contributed by atoms with Gasteiger partial charge in [-0.2, -0.15) is 0 Å². The maximum Gasteiger partial charge on any atom is 0.320 e. The largest absolute Gasteiger partial charge is 0.481 e. The van der Waals surface area contributed by atoms with Gasteiger partial charge in [-0.3, -0.25) is 4.79 Å². The molecule has 1 aliphatic heterocycles. The maximum atomic E-state index is 12.4. The van der Waals surface area contributed by atoms with Gasteiger partial charge in [-0.15, -0.1) is 11.3 Å². The predicted molar refractivity (Wildman–Crippen MR) is 78.0 cm³/mol. The molecule has 0 saturated carbocycles. The quantitative estimate of drug-likeness (QED) is 0.929.